The molecule has 2 N–H and O–H groups in total. The number of rotatable bonds is 4. The van der Waals surface area contributed by atoms with Crippen molar-refractivity contribution in [3.05, 3.63) is 53.1 Å². The molecule has 0 atom stereocenters. The van der Waals surface area contributed by atoms with Crippen molar-refractivity contribution in [1.82, 2.24) is 4.98 Å². The predicted octanol–water partition coefficient (Wildman–Crippen LogP) is 4.68. The van der Waals surface area contributed by atoms with E-state index in [0.717, 1.165) is 10.9 Å². The molecule has 22 heavy (non-hydrogen) atoms. The summed E-state index contributed by atoms with van der Waals surface area (Å²) < 4.78 is 5.54. The number of halogens is 1. The zero-order valence-corrected chi connectivity index (χ0v) is 12.8. The first-order chi connectivity index (χ1) is 10.7. The average Bonchev–Trinajstić information content (AvgIpc) is 2.82. The quantitative estimate of drug-likeness (QED) is 0.687. The van der Waals surface area contributed by atoms with Crippen molar-refractivity contribution < 1.29 is 9.84 Å². The van der Waals surface area contributed by atoms with Crippen LogP contribution in [0, 0.1) is 0 Å². The van der Waals surface area contributed by atoms with Gasteiger partial charge in [0, 0.05) is 22.1 Å². The van der Waals surface area contributed by atoms with E-state index in [4.69, 9.17) is 16.3 Å². The van der Waals surface area contributed by atoms with E-state index in [2.05, 4.69) is 9.98 Å². The van der Waals surface area contributed by atoms with Crippen molar-refractivity contribution in [2.24, 2.45) is 4.99 Å². The van der Waals surface area contributed by atoms with Crippen molar-refractivity contribution in [3.8, 4) is 11.6 Å². The molecule has 0 saturated heterocycles. The van der Waals surface area contributed by atoms with E-state index in [1.54, 1.807) is 18.3 Å². The van der Waals surface area contributed by atoms with E-state index in [0.29, 0.717) is 28.6 Å². The van der Waals surface area contributed by atoms with Crippen LogP contribution in [0.4, 0.5) is 5.69 Å². The Morgan fingerprint density at radius 2 is 2.09 bits per heavy atom. The summed E-state index contributed by atoms with van der Waals surface area (Å²) in [5, 5.41) is 11.5. The van der Waals surface area contributed by atoms with Gasteiger partial charge in [-0.2, -0.15) is 0 Å². The Hall–Kier alpha value is -2.46. The third kappa shape index (κ3) is 2.78. The van der Waals surface area contributed by atoms with Crippen LogP contribution in [-0.2, 0) is 0 Å². The zero-order chi connectivity index (χ0) is 15.5. The highest BCUT2D eigenvalue weighted by Gasteiger charge is 2.09. The summed E-state index contributed by atoms with van der Waals surface area (Å²) >= 11 is 6.02. The zero-order valence-electron chi connectivity index (χ0n) is 12.0. The number of aromatic amines is 1. The van der Waals surface area contributed by atoms with E-state index in [-0.39, 0.29) is 5.88 Å². The van der Waals surface area contributed by atoms with Crippen LogP contribution >= 0.6 is 11.6 Å². The maximum absolute atomic E-state index is 10.1. The van der Waals surface area contributed by atoms with Crippen LogP contribution in [-0.4, -0.2) is 22.9 Å². The molecular formula is C17H15ClN2O2. The van der Waals surface area contributed by atoms with Crippen molar-refractivity contribution >= 4 is 34.4 Å². The van der Waals surface area contributed by atoms with Gasteiger partial charge >= 0.3 is 0 Å². The topological polar surface area (TPSA) is 57.6 Å². The Bertz CT molecular complexity index is 840. The number of ether oxygens (including phenoxy) is 1. The number of aromatic nitrogens is 1. The van der Waals surface area contributed by atoms with Gasteiger partial charge in [0.05, 0.1) is 12.2 Å². The molecule has 112 valence electrons. The van der Waals surface area contributed by atoms with E-state index in [1.165, 1.54) is 0 Å². The van der Waals surface area contributed by atoms with Crippen LogP contribution < -0.4 is 4.74 Å². The average molecular weight is 315 g/mol. The summed E-state index contributed by atoms with van der Waals surface area (Å²) in [5.41, 5.74) is 2.12. The van der Waals surface area contributed by atoms with Gasteiger partial charge in [-0.25, -0.2) is 0 Å². The molecule has 5 heteroatoms. The van der Waals surface area contributed by atoms with Gasteiger partial charge in [0.1, 0.15) is 11.4 Å². The molecule has 0 fully saturated rings. The second-order valence-corrected chi connectivity index (χ2v) is 5.17. The number of aliphatic imine (C=N–C) groups is 1. The molecule has 0 unspecified atom stereocenters. The summed E-state index contributed by atoms with van der Waals surface area (Å²) in [6.07, 6.45) is 1.61. The molecule has 0 spiro atoms. The first-order valence-electron chi connectivity index (χ1n) is 6.95. The largest absolute Gasteiger partial charge is 0.494 e. The molecule has 0 radical (unpaired) electrons. The number of fused-ring (bicyclic) bond motifs is 1. The minimum atomic E-state index is 0.0647. The number of H-pyrrole nitrogens is 1. The number of nitrogens with zero attached hydrogens (tertiary/aromatic N) is 1. The van der Waals surface area contributed by atoms with Crippen LogP contribution in [0.5, 0.6) is 11.6 Å². The molecule has 3 rings (SSSR count). The van der Waals surface area contributed by atoms with Gasteiger partial charge in [0.25, 0.3) is 0 Å². The molecule has 3 aromatic rings. The van der Waals surface area contributed by atoms with Crippen molar-refractivity contribution in [3.63, 3.8) is 0 Å². The highest BCUT2D eigenvalue weighted by atomic mass is 35.5. The first kappa shape index (κ1) is 14.5. The number of nitrogens with one attached hydrogen (secondary N) is 1. The lowest BCUT2D eigenvalue weighted by Gasteiger charge is -2.05. The van der Waals surface area contributed by atoms with Crippen LogP contribution in [0.25, 0.3) is 10.9 Å². The van der Waals surface area contributed by atoms with Crippen molar-refractivity contribution in [2.45, 2.75) is 6.92 Å². The number of aromatic hydroxyl groups is 1. The molecule has 0 aliphatic heterocycles. The van der Waals surface area contributed by atoms with Crippen LogP contribution in [0.1, 0.15) is 12.5 Å². The molecule has 1 aromatic heterocycles. The molecule has 2 aromatic carbocycles. The fraction of sp³-hybridized carbons (Fsp3) is 0.118. The molecule has 0 bridgehead atoms. The highest BCUT2D eigenvalue weighted by Crippen LogP contribution is 2.30. The maximum Gasteiger partial charge on any atom is 0.198 e. The lowest BCUT2D eigenvalue weighted by molar-refractivity contribution is 0.341. The molecule has 4 nitrogen and oxygen atoms in total. The summed E-state index contributed by atoms with van der Waals surface area (Å²) in [7, 11) is 0. The Balaban J connectivity index is 2.03. The molecule has 0 amide bonds. The number of hydrogen-bond donors (Lipinski definition) is 2. The minimum Gasteiger partial charge on any atom is -0.494 e. The summed E-state index contributed by atoms with van der Waals surface area (Å²) in [4.78, 5) is 7.34. The Morgan fingerprint density at radius 1 is 1.27 bits per heavy atom. The summed E-state index contributed by atoms with van der Waals surface area (Å²) in [5.74, 6) is 0.772. The molecule has 0 aliphatic rings. The fourth-order valence-electron chi connectivity index (χ4n) is 2.28. The van der Waals surface area contributed by atoms with E-state index >= 15 is 0 Å². The second kappa shape index (κ2) is 6.12. The van der Waals surface area contributed by atoms with Crippen molar-refractivity contribution in [2.75, 3.05) is 6.61 Å². The smallest absolute Gasteiger partial charge is 0.198 e. The third-order valence-electron chi connectivity index (χ3n) is 3.28. The summed E-state index contributed by atoms with van der Waals surface area (Å²) in [6, 6.07) is 12.9. The second-order valence-electron chi connectivity index (χ2n) is 4.74. The Morgan fingerprint density at radius 3 is 2.91 bits per heavy atom. The Kier molecular flexibility index (Phi) is 4.02. The van der Waals surface area contributed by atoms with Crippen molar-refractivity contribution in [1.29, 1.82) is 0 Å². The Labute approximate surface area is 133 Å². The molecule has 1 heterocycles. The van der Waals surface area contributed by atoms with Gasteiger partial charge in [-0.05, 0) is 37.3 Å². The lowest BCUT2D eigenvalue weighted by atomic mass is 10.2. The van der Waals surface area contributed by atoms with Gasteiger partial charge in [0.2, 0.25) is 0 Å². The first-order valence-corrected chi connectivity index (χ1v) is 7.33. The van der Waals surface area contributed by atoms with Crippen LogP contribution in [0.15, 0.2) is 47.5 Å². The van der Waals surface area contributed by atoms with E-state index < -0.39 is 0 Å². The monoisotopic (exact) mass is 314 g/mol. The third-order valence-corrected chi connectivity index (χ3v) is 3.51. The molecular weight excluding hydrogens is 300 g/mol. The lowest BCUT2D eigenvalue weighted by Crippen LogP contribution is -1.91. The molecule has 0 aliphatic carbocycles. The SMILES string of the molecule is CCOc1ccccc1N=Cc1c(O)[nH]c2ccc(Cl)cc12. The predicted molar refractivity (Wildman–Crippen MR) is 89.8 cm³/mol. The number of benzene rings is 2. The van der Waals surface area contributed by atoms with E-state index in [9.17, 15) is 5.11 Å². The standard InChI is InChI=1S/C17H15ClN2O2/c1-2-22-16-6-4-3-5-15(16)19-10-13-12-9-11(18)7-8-14(12)20-17(13)21/h3-10,20-21H,2H2,1H3. The number of para-hydroxylation sites is 2. The molecule has 0 saturated carbocycles. The summed E-state index contributed by atoms with van der Waals surface area (Å²) in [6.45, 7) is 2.49. The van der Waals surface area contributed by atoms with Gasteiger partial charge in [-0.15, -0.1) is 0 Å². The van der Waals surface area contributed by atoms with Gasteiger partial charge in [0.15, 0.2) is 5.88 Å². The van der Waals surface area contributed by atoms with Gasteiger partial charge in [-0.1, -0.05) is 23.7 Å². The fourth-order valence-corrected chi connectivity index (χ4v) is 2.45. The highest BCUT2D eigenvalue weighted by molar-refractivity contribution is 6.31. The van der Waals surface area contributed by atoms with Gasteiger partial charge < -0.3 is 14.8 Å². The minimum absolute atomic E-state index is 0.0647. The maximum atomic E-state index is 10.1. The van der Waals surface area contributed by atoms with Crippen LogP contribution in [0.3, 0.4) is 0 Å². The normalized spacial score (nSPS) is 11.4. The number of hydrogen-bond acceptors (Lipinski definition) is 3. The van der Waals surface area contributed by atoms with Gasteiger partial charge in [-0.3, -0.25) is 4.99 Å². The van der Waals surface area contributed by atoms with E-state index in [1.807, 2.05) is 37.3 Å². The van der Waals surface area contributed by atoms with Crippen LogP contribution in [0.2, 0.25) is 5.02 Å².